The number of methoxy groups -OCH3 is 1. The number of hydrogen-bond acceptors (Lipinski definition) is 4. The Labute approximate surface area is 142 Å². The number of aromatic nitrogens is 1. The summed E-state index contributed by atoms with van der Waals surface area (Å²) in [7, 11) is 1.60. The summed E-state index contributed by atoms with van der Waals surface area (Å²) in [5, 5.41) is 12.0. The third-order valence-corrected chi connectivity index (χ3v) is 4.07. The number of aliphatic hydroxyl groups is 1. The second-order valence-electron chi connectivity index (χ2n) is 5.63. The minimum Gasteiger partial charge on any atom is -0.496 e. The summed E-state index contributed by atoms with van der Waals surface area (Å²) in [6, 6.07) is 10.9. The van der Waals surface area contributed by atoms with E-state index in [1.807, 2.05) is 18.2 Å². The number of rotatable bonds is 8. The average molecular weight is 328 g/mol. The molecule has 0 bridgehead atoms. The van der Waals surface area contributed by atoms with Crippen LogP contribution < -0.4 is 10.1 Å². The molecule has 0 fully saturated rings. The van der Waals surface area contributed by atoms with Gasteiger partial charge in [-0.1, -0.05) is 19.4 Å². The molecular weight excluding hydrogens is 304 g/mol. The van der Waals surface area contributed by atoms with Crippen LogP contribution in [0, 0.1) is 5.92 Å². The molecular formula is C19H24N2O3. The highest BCUT2D eigenvalue weighted by Gasteiger charge is 2.14. The van der Waals surface area contributed by atoms with Crippen LogP contribution in [0.2, 0.25) is 0 Å². The molecule has 2 rings (SSSR count). The highest BCUT2D eigenvalue weighted by Crippen LogP contribution is 2.29. The van der Waals surface area contributed by atoms with E-state index in [0.717, 1.165) is 17.7 Å². The monoisotopic (exact) mass is 328 g/mol. The largest absolute Gasteiger partial charge is 0.496 e. The van der Waals surface area contributed by atoms with E-state index in [4.69, 9.17) is 9.84 Å². The van der Waals surface area contributed by atoms with Gasteiger partial charge >= 0.3 is 0 Å². The second kappa shape index (κ2) is 9.03. The zero-order valence-corrected chi connectivity index (χ0v) is 14.2. The highest BCUT2D eigenvalue weighted by atomic mass is 16.5. The number of carbonyl (C=O) groups excluding carboxylic acids is 1. The summed E-state index contributed by atoms with van der Waals surface area (Å²) in [5.74, 6) is 0.829. The molecule has 2 aromatic rings. The van der Waals surface area contributed by atoms with E-state index in [9.17, 15) is 4.79 Å². The van der Waals surface area contributed by atoms with E-state index in [2.05, 4.69) is 17.2 Å². The van der Waals surface area contributed by atoms with Crippen LogP contribution in [-0.2, 0) is 0 Å². The smallest absolute Gasteiger partial charge is 0.251 e. The van der Waals surface area contributed by atoms with Crippen LogP contribution >= 0.6 is 0 Å². The maximum Gasteiger partial charge on any atom is 0.251 e. The number of hydrogen-bond donors (Lipinski definition) is 2. The van der Waals surface area contributed by atoms with Crippen molar-refractivity contribution in [2.45, 2.75) is 19.8 Å². The summed E-state index contributed by atoms with van der Waals surface area (Å²) < 4.78 is 5.38. The van der Waals surface area contributed by atoms with Gasteiger partial charge in [0.15, 0.2) is 0 Å². The van der Waals surface area contributed by atoms with Crippen molar-refractivity contribution in [3.8, 4) is 17.0 Å². The van der Waals surface area contributed by atoms with Crippen molar-refractivity contribution < 1.29 is 14.6 Å². The van der Waals surface area contributed by atoms with Crippen LogP contribution in [0.25, 0.3) is 11.3 Å². The van der Waals surface area contributed by atoms with Gasteiger partial charge in [0, 0.05) is 30.5 Å². The first-order chi connectivity index (χ1) is 11.7. The molecule has 1 heterocycles. The first-order valence-corrected chi connectivity index (χ1v) is 8.18. The second-order valence-corrected chi connectivity index (χ2v) is 5.63. The van der Waals surface area contributed by atoms with E-state index in [0.29, 0.717) is 24.3 Å². The first kappa shape index (κ1) is 17.9. The molecule has 0 saturated carbocycles. The van der Waals surface area contributed by atoms with Crippen molar-refractivity contribution >= 4 is 5.91 Å². The Morgan fingerprint density at radius 2 is 2.17 bits per heavy atom. The molecule has 24 heavy (non-hydrogen) atoms. The lowest BCUT2D eigenvalue weighted by Gasteiger charge is -2.15. The lowest BCUT2D eigenvalue weighted by Crippen LogP contribution is -2.29. The van der Waals surface area contributed by atoms with Crippen LogP contribution in [0.4, 0.5) is 0 Å². The molecule has 5 heteroatoms. The zero-order valence-electron chi connectivity index (χ0n) is 14.2. The van der Waals surface area contributed by atoms with Crippen LogP contribution in [0.3, 0.4) is 0 Å². The third kappa shape index (κ3) is 4.55. The van der Waals surface area contributed by atoms with Crippen molar-refractivity contribution in [1.82, 2.24) is 10.3 Å². The molecule has 128 valence electrons. The molecule has 0 spiro atoms. The van der Waals surface area contributed by atoms with Crippen LogP contribution in [0.5, 0.6) is 5.75 Å². The highest BCUT2D eigenvalue weighted by molar-refractivity contribution is 5.96. The minimum atomic E-state index is -0.133. The average Bonchev–Trinajstić information content (AvgIpc) is 2.65. The number of nitrogens with zero attached hydrogens (tertiary/aromatic N) is 1. The van der Waals surface area contributed by atoms with E-state index >= 15 is 0 Å². The number of nitrogens with one attached hydrogen (secondary N) is 1. The van der Waals surface area contributed by atoms with Crippen molar-refractivity contribution in [3.05, 3.63) is 48.2 Å². The van der Waals surface area contributed by atoms with Gasteiger partial charge in [-0.2, -0.15) is 0 Å². The van der Waals surface area contributed by atoms with Crippen molar-refractivity contribution in [1.29, 1.82) is 0 Å². The topological polar surface area (TPSA) is 71.5 Å². The number of ether oxygens (including phenoxy) is 1. The number of pyridine rings is 1. The third-order valence-electron chi connectivity index (χ3n) is 4.07. The Kier molecular flexibility index (Phi) is 6.75. The Bertz CT molecular complexity index is 659. The lowest BCUT2D eigenvalue weighted by molar-refractivity contribution is 0.0943. The van der Waals surface area contributed by atoms with Crippen molar-refractivity contribution in [2.24, 2.45) is 5.92 Å². The predicted octanol–water partition coefficient (Wildman–Crippen LogP) is 2.90. The summed E-state index contributed by atoms with van der Waals surface area (Å²) in [4.78, 5) is 16.7. The van der Waals surface area contributed by atoms with Gasteiger partial charge in [0.1, 0.15) is 5.75 Å². The van der Waals surface area contributed by atoms with Crippen LogP contribution in [-0.4, -0.2) is 36.3 Å². The molecule has 1 atom stereocenters. The van der Waals surface area contributed by atoms with Gasteiger partial charge in [-0.05, 0) is 42.7 Å². The number of benzene rings is 1. The van der Waals surface area contributed by atoms with Crippen molar-refractivity contribution in [3.63, 3.8) is 0 Å². The van der Waals surface area contributed by atoms with E-state index in [1.54, 1.807) is 31.5 Å². The molecule has 0 radical (unpaired) electrons. The molecule has 1 amide bonds. The Hall–Kier alpha value is -2.40. The summed E-state index contributed by atoms with van der Waals surface area (Å²) >= 11 is 0. The van der Waals surface area contributed by atoms with E-state index < -0.39 is 0 Å². The summed E-state index contributed by atoms with van der Waals surface area (Å²) in [5.41, 5.74) is 2.11. The van der Waals surface area contributed by atoms with Gasteiger partial charge in [-0.3, -0.25) is 9.78 Å². The van der Waals surface area contributed by atoms with Gasteiger partial charge in [-0.25, -0.2) is 0 Å². The maximum atomic E-state index is 12.4. The van der Waals surface area contributed by atoms with E-state index in [1.165, 1.54) is 0 Å². The predicted molar refractivity (Wildman–Crippen MR) is 94.0 cm³/mol. The quantitative estimate of drug-likeness (QED) is 0.781. The Balaban J connectivity index is 2.17. The molecule has 5 nitrogen and oxygen atoms in total. The number of aliphatic hydroxyl groups excluding tert-OH is 1. The molecule has 2 N–H and O–H groups in total. The molecule has 1 aromatic heterocycles. The fourth-order valence-electron chi connectivity index (χ4n) is 2.54. The molecule has 0 aliphatic carbocycles. The van der Waals surface area contributed by atoms with Gasteiger partial charge in [-0.15, -0.1) is 0 Å². The number of carbonyl (C=O) groups is 1. The van der Waals surface area contributed by atoms with Crippen molar-refractivity contribution in [2.75, 3.05) is 20.3 Å². The Morgan fingerprint density at radius 1 is 1.33 bits per heavy atom. The lowest BCUT2D eigenvalue weighted by atomic mass is 10.0. The van der Waals surface area contributed by atoms with Crippen LogP contribution in [0.15, 0.2) is 42.6 Å². The van der Waals surface area contributed by atoms with Gasteiger partial charge in [0.05, 0.1) is 12.8 Å². The van der Waals surface area contributed by atoms with Gasteiger partial charge in [0.2, 0.25) is 0 Å². The molecule has 0 aliphatic heterocycles. The zero-order chi connectivity index (χ0) is 17.4. The fraction of sp³-hybridized carbons (Fsp3) is 0.368. The van der Waals surface area contributed by atoms with Gasteiger partial charge < -0.3 is 15.2 Å². The molecule has 1 aromatic carbocycles. The normalized spacial score (nSPS) is 11.8. The number of amides is 1. The minimum absolute atomic E-state index is 0.133. The summed E-state index contributed by atoms with van der Waals surface area (Å²) in [6.45, 7) is 2.75. The van der Waals surface area contributed by atoms with Gasteiger partial charge in [0.25, 0.3) is 5.91 Å². The summed E-state index contributed by atoms with van der Waals surface area (Å²) in [6.07, 6.45) is 3.32. The maximum absolute atomic E-state index is 12.4. The van der Waals surface area contributed by atoms with E-state index in [-0.39, 0.29) is 18.4 Å². The Morgan fingerprint density at radius 3 is 2.79 bits per heavy atom. The molecule has 0 aliphatic rings. The van der Waals surface area contributed by atoms with Crippen LogP contribution in [0.1, 0.15) is 30.1 Å². The fourth-order valence-corrected chi connectivity index (χ4v) is 2.54. The first-order valence-electron chi connectivity index (χ1n) is 8.18. The molecule has 1 unspecified atom stereocenters. The standard InChI is InChI=1S/C19H24N2O3/c1-3-14(9-11-22)13-21-19(23)15-7-8-18(24-2)16(12-15)17-6-4-5-10-20-17/h4-8,10,12,14,22H,3,9,11,13H2,1-2H3,(H,21,23). The SMILES string of the molecule is CCC(CCO)CNC(=O)c1ccc(OC)c(-c2ccccn2)c1. The molecule has 0 saturated heterocycles.